The monoisotopic (exact) mass is 304 g/mol. The van der Waals surface area contributed by atoms with Crippen LogP contribution in [0, 0.1) is 6.92 Å². The van der Waals surface area contributed by atoms with Gasteiger partial charge in [0.05, 0.1) is 0 Å². The van der Waals surface area contributed by atoms with Crippen LogP contribution in [0.4, 0.5) is 4.79 Å². The predicted octanol–water partition coefficient (Wildman–Crippen LogP) is 1.32. The molecular formula is C15H16N2O5. The van der Waals surface area contributed by atoms with Crippen molar-refractivity contribution < 1.29 is 18.7 Å². The third-order valence-corrected chi connectivity index (χ3v) is 3.07. The summed E-state index contributed by atoms with van der Waals surface area (Å²) < 4.78 is 10.6. The zero-order valence-corrected chi connectivity index (χ0v) is 12.4. The standard InChI is InChI=1S/C15H16N2O5/c1-8-6-13(18)22-12-7-10(4-5-11(8)12)21-9(2)14(19)17-15(20)16-3/h4-7,9H,1-3H3,(H2,16,17,19,20). The van der Waals surface area contributed by atoms with Crippen LogP contribution >= 0.6 is 0 Å². The lowest BCUT2D eigenvalue weighted by molar-refractivity contribution is -0.126. The third-order valence-electron chi connectivity index (χ3n) is 3.07. The van der Waals surface area contributed by atoms with Gasteiger partial charge in [0.2, 0.25) is 0 Å². The number of carbonyl (C=O) groups excluding carboxylic acids is 2. The fourth-order valence-electron chi connectivity index (χ4n) is 1.91. The van der Waals surface area contributed by atoms with Gasteiger partial charge in [-0.05, 0) is 31.5 Å². The summed E-state index contributed by atoms with van der Waals surface area (Å²) in [7, 11) is 1.40. The van der Waals surface area contributed by atoms with Crippen molar-refractivity contribution in [2.24, 2.45) is 0 Å². The highest BCUT2D eigenvalue weighted by atomic mass is 16.5. The highest BCUT2D eigenvalue weighted by Crippen LogP contribution is 2.22. The number of hydrogen-bond donors (Lipinski definition) is 2. The van der Waals surface area contributed by atoms with Gasteiger partial charge >= 0.3 is 11.7 Å². The average Bonchev–Trinajstić information content (AvgIpc) is 2.46. The molecule has 2 N–H and O–H groups in total. The molecular weight excluding hydrogens is 288 g/mol. The van der Waals surface area contributed by atoms with Crippen molar-refractivity contribution in [3.05, 3.63) is 40.2 Å². The maximum Gasteiger partial charge on any atom is 0.336 e. The van der Waals surface area contributed by atoms with Crippen molar-refractivity contribution in [3.63, 3.8) is 0 Å². The zero-order chi connectivity index (χ0) is 16.3. The Balaban J connectivity index is 2.19. The van der Waals surface area contributed by atoms with Crippen LogP contribution in [-0.4, -0.2) is 25.1 Å². The smallest absolute Gasteiger partial charge is 0.336 e. The van der Waals surface area contributed by atoms with Crippen molar-refractivity contribution in [2.75, 3.05) is 7.05 Å². The van der Waals surface area contributed by atoms with Crippen molar-refractivity contribution in [1.29, 1.82) is 0 Å². The number of urea groups is 1. The molecule has 0 bridgehead atoms. The Morgan fingerprint density at radius 3 is 2.68 bits per heavy atom. The summed E-state index contributed by atoms with van der Waals surface area (Å²) in [6.07, 6.45) is -0.883. The first-order valence-corrected chi connectivity index (χ1v) is 6.64. The molecule has 116 valence electrons. The molecule has 3 amide bonds. The Morgan fingerprint density at radius 1 is 1.27 bits per heavy atom. The molecule has 0 aliphatic heterocycles. The summed E-state index contributed by atoms with van der Waals surface area (Å²) in [4.78, 5) is 34.2. The quantitative estimate of drug-likeness (QED) is 0.834. The lowest BCUT2D eigenvalue weighted by Gasteiger charge is -2.14. The number of aryl methyl sites for hydroxylation is 1. The molecule has 1 aromatic heterocycles. The van der Waals surface area contributed by atoms with Gasteiger partial charge < -0.3 is 14.5 Å². The highest BCUT2D eigenvalue weighted by molar-refractivity contribution is 5.96. The van der Waals surface area contributed by atoms with E-state index in [2.05, 4.69) is 10.6 Å². The van der Waals surface area contributed by atoms with Gasteiger partial charge in [0.15, 0.2) is 6.10 Å². The number of nitrogens with one attached hydrogen (secondary N) is 2. The van der Waals surface area contributed by atoms with Crippen LogP contribution in [0.3, 0.4) is 0 Å². The van der Waals surface area contributed by atoms with E-state index < -0.39 is 23.7 Å². The van der Waals surface area contributed by atoms with E-state index in [0.29, 0.717) is 11.3 Å². The highest BCUT2D eigenvalue weighted by Gasteiger charge is 2.17. The van der Waals surface area contributed by atoms with Gasteiger partial charge in [-0.3, -0.25) is 10.1 Å². The number of carbonyl (C=O) groups is 2. The zero-order valence-electron chi connectivity index (χ0n) is 12.4. The van der Waals surface area contributed by atoms with Crippen molar-refractivity contribution in [1.82, 2.24) is 10.6 Å². The molecule has 0 radical (unpaired) electrons. The lowest BCUT2D eigenvalue weighted by Crippen LogP contribution is -2.43. The molecule has 2 rings (SSSR count). The first-order valence-electron chi connectivity index (χ1n) is 6.64. The van der Waals surface area contributed by atoms with E-state index in [1.807, 2.05) is 0 Å². The van der Waals surface area contributed by atoms with E-state index in [0.717, 1.165) is 10.9 Å². The van der Waals surface area contributed by atoms with Crippen LogP contribution in [0.15, 0.2) is 33.5 Å². The first kappa shape index (κ1) is 15.6. The summed E-state index contributed by atoms with van der Waals surface area (Å²) in [5.74, 6) is -0.217. The molecule has 1 heterocycles. The number of benzene rings is 1. The number of imide groups is 1. The molecule has 1 atom stereocenters. The molecule has 1 unspecified atom stereocenters. The van der Waals surface area contributed by atoms with Crippen LogP contribution < -0.4 is 21.0 Å². The second-order valence-electron chi connectivity index (χ2n) is 4.73. The average molecular weight is 304 g/mol. The molecule has 0 saturated heterocycles. The molecule has 7 nitrogen and oxygen atoms in total. The van der Waals surface area contributed by atoms with Gasteiger partial charge in [0, 0.05) is 24.6 Å². The predicted molar refractivity (Wildman–Crippen MR) is 79.9 cm³/mol. The van der Waals surface area contributed by atoms with Crippen molar-refractivity contribution >= 4 is 22.9 Å². The summed E-state index contributed by atoms with van der Waals surface area (Å²) in [5.41, 5.74) is 0.720. The molecule has 0 aliphatic carbocycles. The van der Waals surface area contributed by atoms with Gasteiger partial charge in [-0.25, -0.2) is 9.59 Å². The van der Waals surface area contributed by atoms with Gasteiger partial charge in [-0.1, -0.05) is 0 Å². The van der Waals surface area contributed by atoms with Crippen molar-refractivity contribution in [2.45, 2.75) is 20.0 Å². The fourth-order valence-corrected chi connectivity index (χ4v) is 1.91. The van der Waals surface area contributed by atoms with Crippen LogP contribution in [0.2, 0.25) is 0 Å². The largest absolute Gasteiger partial charge is 0.481 e. The molecule has 2 aromatic rings. The maximum atomic E-state index is 11.7. The third kappa shape index (κ3) is 3.43. The summed E-state index contributed by atoms with van der Waals surface area (Å²) in [6.45, 7) is 3.31. The molecule has 7 heteroatoms. The van der Waals surface area contributed by atoms with Gasteiger partial charge in [0.1, 0.15) is 11.3 Å². The van der Waals surface area contributed by atoms with E-state index >= 15 is 0 Å². The topological polar surface area (TPSA) is 97.6 Å². The van der Waals surface area contributed by atoms with E-state index in [4.69, 9.17) is 9.15 Å². The number of amides is 3. The second-order valence-corrected chi connectivity index (χ2v) is 4.73. The number of rotatable bonds is 3. The van der Waals surface area contributed by atoms with Crippen molar-refractivity contribution in [3.8, 4) is 5.75 Å². The van der Waals surface area contributed by atoms with Gasteiger partial charge in [-0.15, -0.1) is 0 Å². The maximum absolute atomic E-state index is 11.7. The molecule has 1 aromatic carbocycles. The lowest BCUT2D eigenvalue weighted by atomic mass is 10.1. The minimum Gasteiger partial charge on any atom is -0.481 e. The summed E-state index contributed by atoms with van der Waals surface area (Å²) in [5, 5.41) is 5.18. The molecule has 0 fully saturated rings. The van der Waals surface area contributed by atoms with E-state index in [9.17, 15) is 14.4 Å². The van der Waals surface area contributed by atoms with Crippen LogP contribution in [0.5, 0.6) is 5.75 Å². The molecule has 0 saturated carbocycles. The number of fused-ring (bicyclic) bond motifs is 1. The SMILES string of the molecule is CNC(=O)NC(=O)C(C)Oc1ccc2c(C)cc(=O)oc2c1. The molecule has 22 heavy (non-hydrogen) atoms. The molecule has 0 aliphatic rings. The van der Waals surface area contributed by atoms with Gasteiger partial charge in [-0.2, -0.15) is 0 Å². The number of hydrogen-bond acceptors (Lipinski definition) is 5. The van der Waals surface area contributed by atoms with Crippen LogP contribution in [0.1, 0.15) is 12.5 Å². The minimum absolute atomic E-state index is 0.362. The summed E-state index contributed by atoms with van der Waals surface area (Å²) >= 11 is 0. The summed E-state index contributed by atoms with van der Waals surface area (Å²) in [6, 6.07) is 5.74. The van der Waals surface area contributed by atoms with Gasteiger partial charge in [0.25, 0.3) is 5.91 Å². The fraction of sp³-hybridized carbons (Fsp3) is 0.267. The minimum atomic E-state index is -0.883. The van der Waals surface area contributed by atoms with Crippen LogP contribution in [0.25, 0.3) is 11.0 Å². The Labute approximate surface area is 126 Å². The Morgan fingerprint density at radius 2 is 2.00 bits per heavy atom. The van der Waals surface area contributed by atoms with E-state index in [-0.39, 0.29) is 0 Å². The number of ether oxygens (including phenoxy) is 1. The van der Waals surface area contributed by atoms with Crippen LogP contribution in [-0.2, 0) is 4.79 Å². The molecule has 0 spiro atoms. The van der Waals surface area contributed by atoms with E-state index in [1.54, 1.807) is 19.1 Å². The Bertz CT molecular complexity index is 781. The Hall–Kier alpha value is -2.83. The first-order chi connectivity index (χ1) is 10.4. The normalized spacial score (nSPS) is 11.8. The van der Waals surface area contributed by atoms with E-state index in [1.165, 1.54) is 26.1 Å². The Kier molecular flexibility index (Phi) is 4.45. The second kappa shape index (κ2) is 6.30.